The van der Waals surface area contributed by atoms with Crippen molar-refractivity contribution in [1.29, 1.82) is 0 Å². The zero-order chi connectivity index (χ0) is 19.1. The van der Waals surface area contributed by atoms with Gasteiger partial charge in [0, 0.05) is 39.1 Å². The molecule has 0 radical (unpaired) electrons. The Hall–Kier alpha value is -1.88. The first-order chi connectivity index (χ1) is 12.3. The number of allylic oxidation sites excluding steroid dienone is 2. The lowest BCUT2D eigenvalue weighted by molar-refractivity contribution is -0.147. The monoisotopic (exact) mass is 373 g/mol. The van der Waals surface area contributed by atoms with Gasteiger partial charge in [-0.3, -0.25) is 9.59 Å². The lowest BCUT2D eigenvalue weighted by Gasteiger charge is -2.41. The van der Waals surface area contributed by atoms with E-state index in [1.54, 1.807) is 18.3 Å². The van der Waals surface area contributed by atoms with E-state index >= 15 is 0 Å². The van der Waals surface area contributed by atoms with Crippen molar-refractivity contribution in [3.8, 4) is 0 Å². The van der Waals surface area contributed by atoms with Gasteiger partial charge < -0.3 is 10.1 Å². The second-order valence-electron chi connectivity index (χ2n) is 7.85. The molecule has 4 nitrogen and oxygen atoms in total. The highest BCUT2D eigenvalue weighted by atomic mass is 32.1. The van der Waals surface area contributed by atoms with E-state index in [9.17, 15) is 9.59 Å². The van der Waals surface area contributed by atoms with Gasteiger partial charge in [-0.1, -0.05) is 27.4 Å². The fourth-order valence-electron chi connectivity index (χ4n) is 4.02. The van der Waals surface area contributed by atoms with Gasteiger partial charge in [-0.25, -0.2) is 0 Å². The number of carbonyl (C=O) groups excluding carboxylic acids is 2. The minimum atomic E-state index is -0.567. The van der Waals surface area contributed by atoms with Crippen LogP contribution in [0.5, 0.6) is 0 Å². The summed E-state index contributed by atoms with van der Waals surface area (Å²) in [6, 6.07) is 4.14. The number of nitrogens with one attached hydrogen (secondary N) is 1. The molecule has 0 bridgehead atoms. The Bertz CT molecular complexity index is 787. The van der Waals surface area contributed by atoms with Crippen molar-refractivity contribution in [2.75, 3.05) is 6.61 Å². The summed E-state index contributed by atoms with van der Waals surface area (Å²) < 4.78 is 5.32. The lowest BCUT2D eigenvalue weighted by atomic mass is 9.68. The van der Waals surface area contributed by atoms with Crippen LogP contribution in [-0.4, -0.2) is 18.4 Å². The summed E-state index contributed by atoms with van der Waals surface area (Å²) in [4.78, 5) is 28.1. The van der Waals surface area contributed by atoms with Crippen LogP contribution in [0.4, 0.5) is 0 Å². The zero-order valence-corrected chi connectivity index (χ0v) is 16.8. The molecule has 0 aromatic carbocycles. The third-order valence-corrected chi connectivity index (χ3v) is 6.44. The summed E-state index contributed by atoms with van der Waals surface area (Å²) in [5, 5.41) is 3.28. The van der Waals surface area contributed by atoms with Crippen molar-refractivity contribution < 1.29 is 14.3 Å². The van der Waals surface area contributed by atoms with E-state index in [0.29, 0.717) is 18.7 Å². The van der Waals surface area contributed by atoms with Crippen LogP contribution < -0.4 is 5.32 Å². The van der Waals surface area contributed by atoms with E-state index in [1.165, 1.54) is 4.88 Å². The number of esters is 1. The fraction of sp³-hybridized carbons (Fsp3) is 0.524. The molecule has 0 spiro atoms. The van der Waals surface area contributed by atoms with Crippen molar-refractivity contribution >= 4 is 23.1 Å². The molecular formula is C21H27NO3S. The van der Waals surface area contributed by atoms with Crippen molar-refractivity contribution in [3.63, 3.8) is 0 Å². The average Bonchev–Trinajstić information content (AvgIpc) is 3.01. The maximum absolute atomic E-state index is 13.1. The minimum absolute atomic E-state index is 0.0888. The predicted octanol–water partition coefficient (Wildman–Crippen LogP) is 4.33. The van der Waals surface area contributed by atoms with E-state index in [-0.39, 0.29) is 23.1 Å². The number of ketones is 1. The molecule has 1 N–H and O–H groups in total. The molecule has 1 aromatic heterocycles. The maximum atomic E-state index is 13.1. The first-order valence-electron chi connectivity index (χ1n) is 9.24. The molecule has 2 atom stereocenters. The smallest absolute Gasteiger partial charge is 0.315 e. The molecule has 0 saturated carbocycles. The Kier molecular flexibility index (Phi) is 5.11. The third kappa shape index (κ3) is 3.37. The highest BCUT2D eigenvalue weighted by molar-refractivity contribution is 7.12. The molecule has 0 saturated heterocycles. The zero-order valence-electron chi connectivity index (χ0n) is 16.0. The number of hydrogen-bond donors (Lipinski definition) is 1. The Morgan fingerprint density at radius 1 is 1.35 bits per heavy atom. The standard InChI is InChI=1S/C21H27NO3S/c1-6-13-8-9-16(26-13)19-17(20(24)25-7-2)12(3)22-14-10-21(4,5)11-15(23)18(14)19/h8-9,17,19,22H,3,6-7,10-11H2,1-2,4-5H3. The Morgan fingerprint density at radius 2 is 2.08 bits per heavy atom. The SMILES string of the molecule is C=C1NC2=C(C(=O)CC(C)(C)C2)C(c2ccc(CC)s2)C1C(=O)OCC. The number of rotatable bonds is 4. The molecule has 0 fully saturated rings. The van der Waals surface area contributed by atoms with E-state index in [0.717, 1.165) is 29.0 Å². The van der Waals surface area contributed by atoms with Crippen molar-refractivity contribution in [1.82, 2.24) is 5.32 Å². The van der Waals surface area contributed by atoms with Crippen molar-refractivity contribution in [2.45, 2.75) is 52.9 Å². The first kappa shape index (κ1) is 18.9. The van der Waals surface area contributed by atoms with Gasteiger partial charge in [0.05, 0.1) is 6.61 Å². The third-order valence-electron chi connectivity index (χ3n) is 5.13. The summed E-state index contributed by atoms with van der Waals surface area (Å²) >= 11 is 1.68. The van der Waals surface area contributed by atoms with Crippen LogP contribution in [0.1, 0.15) is 56.2 Å². The van der Waals surface area contributed by atoms with Gasteiger partial charge in [0.15, 0.2) is 5.78 Å². The molecule has 140 valence electrons. The maximum Gasteiger partial charge on any atom is 0.315 e. The van der Waals surface area contributed by atoms with Gasteiger partial charge in [-0.05, 0) is 37.3 Å². The Morgan fingerprint density at radius 3 is 2.69 bits per heavy atom. The van der Waals surface area contributed by atoms with E-state index in [4.69, 9.17) is 4.74 Å². The molecule has 26 heavy (non-hydrogen) atoms. The normalized spacial score (nSPS) is 24.9. The summed E-state index contributed by atoms with van der Waals surface area (Å²) in [7, 11) is 0. The van der Waals surface area contributed by atoms with Gasteiger partial charge in [0.2, 0.25) is 0 Å². The second kappa shape index (κ2) is 7.03. The average molecular weight is 374 g/mol. The summed E-state index contributed by atoms with van der Waals surface area (Å²) in [6.45, 7) is 12.5. The first-order valence-corrected chi connectivity index (χ1v) is 10.1. The number of thiophene rings is 1. The van der Waals surface area contributed by atoms with Crippen molar-refractivity contribution in [2.24, 2.45) is 11.3 Å². The topological polar surface area (TPSA) is 55.4 Å². The van der Waals surface area contributed by atoms with Gasteiger partial charge in [-0.15, -0.1) is 11.3 Å². The number of aryl methyl sites for hydroxylation is 1. The van der Waals surface area contributed by atoms with E-state index in [1.807, 2.05) is 0 Å². The lowest BCUT2D eigenvalue weighted by Crippen LogP contribution is -2.43. The van der Waals surface area contributed by atoms with E-state index < -0.39 is 5.92 Å². The quantitative estimate of drug-likeness (QED) is 0.798. The molecule has 5 heteroatoms. The van der Waals surface area contributed by atoms with Crippen molar-refractivity contribution in [3.05, 3.63) is 45.4 Å². The molecule has 3 rings (SSSR count). The van der Waals surface area contributed by atoms with Gasteiger partial charge in [-0.2, -0.15) is 0 Å². The Labute approximate surface area is 159 Å². The number of Topliss-reactive ketones (excluding diaryl/α,β-unsaturated/α-hetero) is 1. The molecule has 0 amide bonds. The fourth-order valence-corrected chi connectivity index (χ4v) is 5.12. The van der Waals surface area contributed by atoms with Crippen LogP contribution in [-0.2, 0) is 20.7 Å². The molecular weight excluding hydrogens is 346 g/mol. The number of hydrogen-bond acceptors (Lipinski definition) is 5. The minimum Gasteiger partial charge on any atom is -0.465 e. The van der Waals surface area contributed by atoms with Crippen LogP contribution in [0.15, 0.2) is 35.7 Å². The second-order valence-corrected chi connectivity index (χ2v) is 9.05. The molecule has 1 aromatic rings. The van der Waals surface area contributed by atoms with Crippen LogP contribution in [0.2, 0.25) is 0 Å². The molecule has 2 unspecified atom stereocenters. The number of ether oxygens (including phenoxy) is 1. The predicted molar refractivity (Wildman–Crippen MR) is 104 cm³/mol. The summed E-state index contributed by atoms with van der Waals surface area (Å²) in [5.74, 6) is -1.05. The van der Waals surface area contributed by atoms with Crippen LogP contribution >= 0.6 is 11.3 Å². The largest absolute Gasteiger partial charge is 0.465 e. The highest BCUT2D eigenvalue weighted by Crippen LogP contribution is 2.49. The highest BCUT2D eigenvalue weighted by Gasteiger charge is 2.47. The molecule has 1 aliphatic heterocycles. The van der Waals surface area contributed by atoms with Gasteiger partial charge >= 0.3 is 5.97 Å². The van der Waals surface area contributed by atoms with Gasteiger partial charge in [0.25, 0.3) is 0 Å². The summed E-state index contributed by atoms with van der Waals surface area (Å²) in [5.41, 5.74) is 2.21. The number of carbonyl (C=O) groups is 2. The summed E-state index contributed by atoms with van der Waals surface area (Å²) in [6.07, 6.45) is 2.22. The molecule has 2 aliphatic rings. The van der Waals surface area contributed by atoms with E-state index in [2.05, 4.69) is 44.8 Å². The molecule has 1 aliphatic carbocycles. The Balaban J connectivity index is 2.13. The molecule has 2 heterocycles. The van der Waals surface area contributed by atoms with Crippen LogP contribution in [0.25, 0.3) is 0 Å². The van der Waals surface area contributed by atoms with Gasteiger partial charge in [0.1, 0.15) is 5.92 Å². The van der Waals surface area contributed by atoms with Crippen LogP contribution in [0.3, 0.4) is 0 Å². The van der Waals surface area contributed by atoms with Crippen LogP contribution in [0, 0.1) is 11.3 Å².